The Balaban J connectivity index is 1.36. The molecule has 0 amide bonds. The predicted molar refractivity (Wildman–Crippen MR) is 126 cm³/mol. The van der Waals surface area contributed by atoms with Gasteiger partial charge in [-0.3, -0.25) is 4.79 Å². The molecule has 1 aliphatic rings. The first-order valence-corrected chi connectivity index (χ1v) is 11.1. The van der Waals surface area contributed by atoms with Crippen molar-refractivity contribution in [3.63, 3.8) is 0 Å². The second kappa shape index (κ2) is 10.3. The zero-order valence-corrected chi connectivity index (χ0v) is 19.4. The van der Waals surface area contributed by atoms with Crippen molar-refractivity contribution in [2.75, 3.05) is 13.7 Å². The molecule has 3 aromatic rings. The van der Waals surface area contributed by atoms with Crippen molar-refractivity contribution in [1.82, 2.24) is 0 Å². The summed E-state index contributed by atoms with van der Waals surface area (Å²) in [6.07, 6.45) is 0.112. The lowest BCUT2D eigenvalue weighted by Crippen LogP contribution is -2.33. The Morgan fingerprint density at radius 3 is 2.52 bits per heavy atom. The van der Waals surface area contributed by atoms with E-state index in [9.17, 15) is 4.79 Å². The third-order valence-corrected chi connectivity index (χ3v) is 6.01. The fraction of sp³-hybridized carbons (Fsp3) is 0.240. The maximum Gasteiger partial charge on any atom is 0.322 e. The normalized spacial score (nSPS) is 15.6. The van der Waals surface area contributed by atoms with Gasteiger partial charge in [0, 0.05) is 0 Å². The van der Waals surface area contributed by atoms with Gasteiger partial charge >= 0.3 is 5.97 Å². The third kappa shape index (κ3) is 5.71. The van der Waals surface area contributed by atoms with Crippen LogP contribution in [0.5, 0.6) is 17.2 Å². The number of carbonyl (C=O) groups excluding carboxylic acids is 1. The highest BCUT2D eigenvalue weighted by Gasteiger charge is 2.24. The van der Waals surface area contributed by atoms with Gasteiger partial charge in [-0.15, -0.1) is 0 Å². The summed E-state index contributed by atoms with van der Waals surface area (Å²) >= 11 is 12.0. The van der Waals surface area contributed by atoms with Crippen LogP contribution in [0.4, 0.5) is 0 Å². The Morgan fingerprint density at radius 2 is 1.79 bits per heavy atom. The van der Waals surface area contributed by atoms with E-state index in [0.717, 1.165) is 22.4 Å². The molecule has 0 radical (unpaired) electrons. The van der Waals surface area contributed by atoms with Gasteiger partial charge in [-0.2, -0.15) is 0 Å². The monoisotopic (exact) mass is 487 g/mol. The molecule has 0 spiro atoms. The van der Waals surface area contributed by atoms with Crippen molar-refractivity contribution >= 4 is 29.2 Å². The summed E-state index contributed by atoms with van der Waals surface area (Å²) in [5.41, 5.74) is 8.62. The first-order valence-electron chi connectivity index (χ1n) is 10.4. The van der Waals surface area contributed by atoms with Crippen LogP contribution >= 0.6 is 23.2 Å². The number of esters is 1. The van der Waals surface area contributed by atoms with Gasteiger partial charge in [-0.25, -0.2) is 0 Å². The number of hydrogen-bond acceptors (Lipinski definition) is 6. The number of ether oxygens (including phenoxy) is 4. The Kier molecular flexibility index (Phi) is 7.28. The van der Waals surface area contributed by atoms with Crippen LogP contribution in [-0.2, 0) is 22.6 Å². The van der Waals surface area contributed by atoms with Crippen molar-refractivity contribution in [3.8, 4) is 17.2 Å². The molecule has 2 atom stereocenters. The second-order valence-electron chi connectivity index (χ2n) is 7.64. The quantitative estimate of drug-likeness (QED) is 0.465. The van der Waals surface area contributed by atoms with Crippen molar-refractivity contribution < 1.29 is 23.7 Å². The van der Waals surface area contributed by atoms with Crippen LogP contribution in [0.3, 0.4) is 0 Å². The molecule has 0 aliphatic carbocycles. The molecule has 3 aromatic carbocycles. The molecule has 0 aromatic heterocycles. The molecule has 172 valence electrons. The number of fused-ring (bicyclic) bond motifs is 1. The molecule has 1 heterocycles. The van der Waals surface area contributed by atoms with Crippen molar-refractivity contribution in [2.24, 2.45) is 5.73 Å². The maximum absolute atomic E-state index is 11.5. The van der Waals surface area contributed by atoms with Crippen molar-refractivity contribution in [1.29, 1.82) is 0 Å². The molecule has 6 nitrogen and oxygen atoms in total. The summed E-state index contributed by atoms with van der Waals surface area (Å²) in [6, 6.07) is 17.9. The van der Waals surface area contributed by atoms with E-state index >= 15 is 0 Å². The Morgan fingerprint density at radius 1 is 1.03 bits per heavy atom. The number of nitrogens with two attached hydrogens (primary N) is 1. The lowest BCUT2D eigenvalue weighted by molar-refractivity contribution is -0.142. The number of rotatable bonds is 7. The fourth-order valence-corrected chi connectivity index (χ4v) is 3.79. The third-order valence-electron chi connectivity index (χ3n) is 5.27. The van der Waals surface area contributed by atoms with E-state index < -0.39 is 12.0 Å². The minimum Gasteiger partial charge on any atom is -0.489 e. The van der Waals surface area contributed by atoms with Gasteiger partial charge in [0.15, 0.2) is 17.6 Å². The minimum absolute atomic E-state index is 0.246. The van der Waals surface area contributed by atoms with Crippen LogP contribution in [0, 0.1) is 0 Å². The molecule has 33 heavy (non-hydrogen) atoms. The molecular weight excluding hydrogens is 465 g/mol. The molecule has 1 unspecified atom stereocenters. The summed E-state index contributed by atoms with van der Waals surface area (Å²) in [5, 5.41) is 1.02. The van der Waals surface area contributed by atoms with Gasteiger partial charge < -0.3 is 24.7 Å². The number of methoxy groups -OCH3 is 1. The zero-order valence-electron chi connectivity index (χ0n) is 17.9. The largest absolute Gasteiger partial charge is 0.489 e. The number of carbonyl (C=O) groups is 1. The molecule has 1 aliphatic heterocycles. The van der Waals surface area contributed by atoms with Gasteiger partial charge in [0.2, 0.25) is 0 Å². The number of benzene rings is 3. The Hall–Kier alpha value is -2.93. The highest BCUT2D eigenvalue weighted by atomic mass is 35.5. The number of hydrogen-bond donors (Lipinski definition) is 1. The predicted octanol–water partition coefficient (Wildman–Crippen LogP) is 5.13. The first kappa shape index (κ1) is 23.2. The van der Waals surface area contributed by atoms with Crippen molar-refractivity contribution in [2.45, 2.75) is 25.2 Å². The van der Waals surface area contributed by atoms with Crippen LogP contribution < -0.4 is 19.9 Å². The first-order chi connectivity index (χ1) is 15.9. The average Bonchev–Trinajstić information content (AvgIpc) is 2.84. The zero-order chi connectivity index (χ0) is 23.4. The van der Waals surface area contributed by atoms with Gasteiger partial charge in [-0.1, -0.05) is 47.5 Å². The van der Waals surface area contributed by atoms with Crippen LogP contribution in [0.1, 0.15) is 22.8 Å². The summed E-state index contributed by atoms with van der Waals surface area (Å²) in [5.74, 6) is 1.55. The van der Waals surface area contributed by atoms with E-state index in [1.165, 1.54) is 7.11 Å². The Labute approximate surface area is 202 Å². The topological polar surface area (TPSA) is 80.0 Å². The molecule has 8 heteroatoms. The van der Waals surface area contributed by atoms with Crippen LogP contribution in [0.2, 0.25) is 10.0 Å². The minimum atomic E-state index is -0.720. The summed E-state index contributed by atoms with van der Waals surface area (Å²) in [7, 11) is 1.32. The highest BCUT2D eigenvalue weighted by Crippen LogP contribution is 2.37. The lowest BCUT2D eigenvalue weighted by Gasteiger charge is -2.27. The van der Waals surface area contributed by atoms with Gasteiger partial charge in [-0.05, 0) is 59.5 Å². The van der Waals surface area contributed by atoms with Gasteiger partial charge in [0.05, 0.1) is 17.2 Å². The molecule has 0 fully saturated rings. The Bertz CT molecular complexity index is 1140. The number of halogens is 2. The molecule has 0 saturated carbocycles. The van der Waals surface area contributed by atoms with E-state index in [1.807, 2.05) is 48.5 Å². The van der Waals surface area contributed by atoms with Crippen LogP contribution in [0.15, 0.2) is 60.7 Å². The van der Waals surface area contributed by atoms with Crippen LogP contribution in [0.25, 0.3) is 0 Å². The molecular formula is C25H23Cl2NO5. The molecule has 0 saturated heterocycles. The summed E-state index contributed by atoms with van der Waals surface area (Å²) in [6.45, 7) is 0.748. The smallest absolute Gasteiger partial charge is 0.322 e. The summed E-state index contributed by atoms with van der Waals surface area (Å²) < 4.78 is 22.6. The lowest BCUT2D eigenvalue weighted by atomic mass is 10.0. The maximum atomic E-state index is 11.5. The highest BCUT2D eigenvalue weighted by molar-refractivity contribution is 6.42. The fourth-order valence-electron chi connectivity index (χ4n) is 3.47. The summed E-state index contributed by atoms with van der Waals surface area (Å²) in [4.78, 5) is 11.5. The van der Waals surface area contributed by atoms with E-state index in [1.54, 1.807) is 12.1 Å². The average molecular weight is 488 g/mol. The van der Waals surface area contributed by atoms with Gasteiger partial charge in [0.25, 0.3) is 0 Å². The SMILES string of the molecule is COC(=O)C(N)Cc1ccc2c(c1)OC[C@H](c1ccc(OCc3ccc(Cl)c(Cl)c3)cc1)O2. The molecule has 4 rings (SSSR count). The van der Waals surface area contributed by atoms with E-state index in [-0.39, 0.29) is 6.10 Å². The van der Waals surface area contributed by atoms with E-state index in [2.05, 4.69) is 4.74 Å². The molecule has 2 N–H and O–H groups in total. The van der Waals surface area contributed by atoms with Gasteiger partial charge in [0.1, 0.15) is 25.0 Å². The molecule has 0 bridgehead atoms. The standard InChI is InChI=1S/C25H23Cl2NO5/c1-30-25(29)21(28)11-15-3-9-22-23(12-15)32-14-24(33-22)17-4-6-18(7-5-17)31-13-16-2-8-19(26)20(27)10-16/h2-10,12,21,24H,11,13-14,28H2,1H3/t21?,24-/m1/s1. The van der Waals surface area contributed by atoms with Crippen LogP contribution in [-0.4, -0.2) is 25.7 Å². The van der Waals surface area contributed by atoms with E-state index in [4.69, 9.17) is 43.1 Å². The second-order valence-corrected chi connectivity index (χ2v) is 8.45. The van der Waals surface area contributed by atoms with Crippen molar-refractivity contribution in [3.05, 3.63) is 87.4 Å². The van der Waals surface area contributed by atoms with E-state index in [0.29, 0.717) is 41.2 Å².